The molecule has 0 amide bonds. The lowest BCUT2D eigenvalue weighted by molar-refractivity contribution is 1.45. The first-order valence-corrected chi connectivity index (χ1v) is 8.05. The van der Waals surface area contributed by atoms with Gasteiger partial charge < -0.3 is 5.32 Å². The Hall–Kier alpha value is -3.13. The summed E-state index contributed by atoms with van der Waals surface area (Å²) in [5, 5.41) is 16.7. The molecule has 0 aliphatic rings. The number of anilines is 1. The first-order valence-electron chi connectivity index (χ1n) is 8.05. The van der Waals surface area contributed by atoms with Crippen molar-refractivity contribution < 1.29 is 0 Å². The number of hydrogen-bond donors (Lipinski definition) is 2. The molecule has 4 aromatic carbocycles. The summed E-state index contributed by atoms with van der Waals surface area (Å²) in [5.74, 6) is 0. The number of benzene rings is 4. The molecule has 0 saturated heterocycles. The van der Waals surface area contributed by atoms with Gasteiger partial charge in [0.25, 0.3) is 0 Å². The Morgan fingerprint density at radius 2 is 1.42 bits per heavy atom. The minimum atomic E-state index is 0.538. The van der Waals surface area contributed by atoms with E-state index in [-0.39, 0.29) is 0 Å². The van der Waals surface area contributed by atoms with Crippen LogP contribution in [-0.4, -0.2) is 12.8 Å². The number of nitrogens with one attached hydrogen (secondary N) is 2. The third-order valence-corrected chi connectivity index (χ3v) is 4.49. The highest BCUT2D eigenvalue weighted by Crippen LogP contribution is 2.29. The number of hydrogen-bond acceptors (Lipinski definition) is 2. The van der Waals surface area contributed by atoms with Crippen molar-refractivity contribution in [1.29, 1.82) is 5.41 Å². The van der Waals surface area contributed by atoms with Gasteiger partial charge in [0.1, 0.15) is 0 Å². The largest absolute Gasteiger partial charge is 0.387 e. The van der Waals surface area contributed by atoms with Gasteiger partial charge >= 0.3 is 0 Å². The van der Waals surface area contributed by atoms with E-state index in [2.05, 4.69) is 47.8 Å². The van der Waals surface area contributed by atoms with E-state index < -0.39 is 0 Å². The van der Waals surface area contributed by atoms with E-state index >= 15 is 0 Å². The molecule has 0 saturated carbocycles. The summed E-state index contributed by atoms with van der Waals surface area (Å²) < 4.78 is 0. The average molecular weight is 310 g/mol. The van der Waals surface area contributed by atoms with Gasteiger partial charge in [-0.15, -0.1) is 0 Å². The second-order valence-corrected chi connectivity index (χ2v) is 5.90. The topological polar surface area (TPSA) is 35.9 Å². The average Bonchev–Trinajstić information content (AvgIpc) is 2.66. The van der Waals surface area contributed by atoms with E-state index in [1.54, 1.807) is 0 Å². The molecule has 0 aliphatic heterocycles. The fourth-order valence-electron chi connectivity index (χ4n) is 3.25. The van der Waals surface area contributed by atoms with Crippen molar-refractivity contribution in [1.82, 2.24) is 0 Å². The summed E-state index contributed by atoms with van der Waals surface area (Å²) in [6, 6.07) is 26.8. The predicted octanol–water partition coefficient (Wildman–Crippen LogP) is 5.45. The summed E-state index contributed by atoms with van der Waals surface area (Å²) in [6.45, 7) is 0. The highest BCUT2D eigenvalue weighted by molar-refractivity contribution is 6.18. The van der Waals surface area contributed by atoms with Crippen LogP contribution in [0.2, 0.25) is 0 Å². The SMILES string of the molecule is CNc1c(C(=N)c2ccc3ccccc3c2)ccc2ccccc12. The maximum absolute atomic E-state index is 8.73. The van der Waals surface area contributed by atoms with Gasteiger partial charge in [0.05, 0.1) is 11.4 Å². The standard InChI is InChI=1S/C22H18N2/c1-24-22-19-9-5-4-7-16(19)12-13-20(22)21(23)18-11-10-15-6-2-3-8-17(15)14-18/h2-14,23-24H,1H3. The molecule has 116 valence electrons. The number of fused-ring (bicyclic) bond motifs is 2. The second kappa shape index (κ2) is 5.82. The van der Waals surface area contributed by atoms with Crippen LogP contribution in [0, 0.1) is 5.41 Å². The van der Waals surface area contributed by atoms with Gasteiger partial charge in [0, 0.05) is 23.6 Å². The van der Waals surface area contributed by atoms with Crippen molar-refractivity contribution in [3.63, 3.8) is 0 Å². The van der Waals surface area contributed by atoms with Crippen LogP contribution in [0.3, 0.4) is 0 Å². The fourth-order valence-corrected chi connectivity index (χ4v) is 3.25. The van der Waals surface area contributed by atoms with Gasteiger partial charge in [-0.1, -0.05) is 72.8 Å². The van der Waals surface area contributed by atoms with E-state index in [0.29, 0.717) is 5.71 Å². The lowest BCUT2D eigenvalue weighted by Gasteiger charge is -2.14. The van der Waals surface area contributed by atoms with Crippen LogP contribution in [0.5, 0.6) is 0 Å². The van der Waals surface area contributed by atoms with E-state index in [1.165, 1.54) is 10.8 Å². The lowest BCUT2D eigenvalue weighted by atomic mass is 9.95. The molecule has 0 aliphatic carbocycles. The maximum Gasteiger partial charge on any atom is 0.0705 e. The zero-order valence-corrected chi connectivity index (χ0v) is 13.5. The van der Waals surface area contributed by atoms with Crippen LogP contribution in [-0.2, 0) is 0 Å². The smallest absolute Gasteiger partial charge is 0.0705 e. The zero-order valence-electron chi connectivity index (χ0n) is 13.5. The van der Waals surface area contributed by atoms with Gasteiger partial charge in [-0.3, -0.25) is 5.41 Å². The normalized spacial score (nSPS) is 10.9. The predicted molar refractivity (Wildman–Crippen MR) is 103 cm³/mol. The highest BCUT2D eigenvalue weighted by atomic mass is 14.8. The minimum Gasteiger partial charge on any atom is -0.387 e. The van der Waals surface area contributed by atoms with Gasteiger partial charge in [0.15, 0.2) is 0 Å². The van der Waals surface area contributed by atoms with Crippen LogP contribution in [0.4, 0.5) is 5.69 Å². The van der Waals surface area contributed by atoms with Crippen molar-refractivity contribution in [2.75, 3.05) is 12.4 Å². The summed E-state index contributed by atoms with van der Waals surface area (Å²) in [5.41, 5.74) is 3.40. The Balaban J connectivity index is 1.87. The van der Waals surface area contributed by atoms with Crippen molar-refractivity contribution in [3.8, 4) is 0 Å². The van der Waals surface area contributed by atoms with Crippen LogP contribution in [0.1, 0.15) is 11.1 Å². The molecule has 0 heterocycles. The molecule has 0 fully saturated rings. The molecule has 24 heavy (non-hydrogen) atoms. The molecule has 0 atom stereocenters. The lowest BCUT2D eigenvalue weighted by Crippen LogP contribution is -2.06. The molecular weight excluding hydrogens is 292 g/mol. The molecular formula is C22H18N2. The molecule has 0 spiro atoms. The van der Waals surface area contributed by atoms with E-state index in [9.17, 15) is 0 Å². The molecule has 0 radical (unpaired) electrons. The molecule has 2 heteroatoms. The Bertz CT molecular complexity index is 1060. The molecule has 2 nitrogen and oxygen atoms in total. The summed E-state index contributed by atoms with van der Waals surface area (Å²) in [4.78, 5) is 0. The van der Waals surface area contributed by atoms with Crippen molar-refractivity contribution in [3.05, 3.63) is 90.0 Å². The van der Waals surface area contributed by atoms with E-state index in [1.807, 2.05) is 43.4 Å². The first-order chi connectivity index (χ1) is 11.8. The quantitative estimate of drug-likeness (QED) is 0.485. The second-order valence-electron chi connectivity index (χ2n) is 5.90. The van der Waals surface area contributed by atoms with Gasteiger partial charge in [-0.25, -0.2) is 0 Å². The monoisotopic (exact) mass is 310 g/mol. The van der Waals surface area contributed by atoms with Gasteiger partial charge in [0.2, 0.25) is 0 Å². The fraction of sp³-hybridized carbons (Fsp3) is 0.0455. The summed E-state index contributed by atoms with van der Waals surface area (Å²) in [7, 11) is 1.92. The molecule has 0 unspecified atom stereocenters. The Morgan fingerprint density at radius 1 is 0.750 bits per heavy atom. The Kier molecular flexibility index (Phi) is 3.51. The summed E-state index contributed by atoms with van der Waals surface area (Å²) >= 11 is 0. The van der Waals surface area contributed by atoms with Gasteiger partial charge in [-0.2, -0.15) is 0 Å². The Labute approximate surface area is 141 Å². The zero-order chi connectivity index (χ0) is 16.5. The minimum absolute atomic E-state index is 0.538. The number of rotatable bonds is 3. The van der Waals surface area contributed by atoms with E-state index in [0.717, 1.165) is 27.6 Å². The molecule has 0 aromatic heterocycles. The first kappa shape index (κ1) is 14.5. The maximum atomic E-state index is 8.73. The third kappa shape index (κ3) is 2.33. The van der Waals surface area contributed by atoms with Crippen molar-refractivity contribution in [2.24, 2.45) is 0 Å². The van der Waals surface area contributed by atoms with Crippen LogP contribution >= 0.6 is 0 Å². The van der Waals surface area contributed by atoms with Gasteiger partial charge in [-0.05, 0) is 22.2 Å². The van der Waals surface area contributed by atoms with Crippen LogP contribution < -0.4 is 5.32 Å². The third-order valence-electron chi connectivity index (χ3n) is 4.49. The molecule has 2 N–H and O–H groups in total. The molecule has 0 bridgehead atoms. The van der Waals surface area contributed by atoms with Crippen molar-refractivity contribution in [2.45, 2.75) is 0 Å². The van der Waals surface area contributed by atoms with Crippen LogP contribution in [0.25, 0.3) is 21.5 Å². The highest BCUT2D eigenvalue weighted by Gasteiger charge is 2.12. The molecule has 4 rings (SSSR count). The summed E-state index contributed by atoms with van der Waals surface area (Å²) in [6.07, 6.45) is 0. The van der Waals surface area contributed by atoms with Crippen molar-refractivity contribution >= 4 is 32.9 Å². The Morgan fingerprint density at radius 3 is 2.21 bits per heavy atom. The molecule has 4 aromatic rings. The van der Waals surface area contributed by atoms with Crippen LogP contribution in [0.15, 0.2) is 78.9 Å². The van der Waals surface area contributed by atoms with E-state index in [4.69, 9.17) is 5.41 Å².